The van der Waals surface area contributed by atoms with Crippen molar-refractivity contribution in [2.75, 3.05) is 6.61 Å². The third kappa shape index (κ3) is 2.55. The Morgan fingerprint density at radius 1 is 1.42 bits per heavy atom. The third-order valence-corrected chi connectivity index (χ3v) is 3.64. The second-order valence-corrected chi connectivity index (χ2v) is 5.99. The first-order valence-corrected chi connectivity index (χ1v) is 6.64. The van der Waals surface area contributed by atoms with Gasteiger partial charge in [-0.2, -0.15) is 0 Å². The van der Waals surface area contributed by atoms with Gasteiger partial charge in [0, 0.05) is 5.56 Å². The molecule has 0 N–H and O–H groups in total. The molecule has 1 aliphatic carbocycles. The number of Topliss-reactive ketones (excluding diaryl/α,β-unsaturated/α-hetero) is 1. The molecule has 0 aromatic heterocycles. The number of hydrogen-bond acceptors (Lipinski definition) is 3. The van der Waals surface area contributed by atoms with Crippen molar-refractivity contribution in [1.82, 2.24) is 0 Å². The van der Waals surface area contributed by atoms with Crippen molar-refractivity contribution in [2.45, 2.75) is 34.1 Å². The van der Waals surface area contributed by atoms with Gasteiger partial charge < -0.3 is 4.74 Å². The van der Waals surface area contributed by atoms with Crippen molar-refractivity contribution in [3.8, 4) is 0 Å². The lowest BCUT2D eigenvalue weighted by Crippen LogP contribution is -2.32. The van der Waals surface area contributed by atoms with Crippen LogP contribution in [-0.2, 0) is 16.0 Å². The molecule has 0 saturated heterocycles. The van der Waals surface area contributed by atoms with Gasteiger partial charge >= 0.3 is 5.97 Å². The Kier molecular flexibility index (Phi) is 3.48. The normalized spacial score (nSPS) is 21.6. The summed E-state index contributed by atoms with van der Waals surface area (Å²) in [5.41, 5.74) is 2.37. The fourth-order valence-electron chi connectivity index (χ4n) is 2.43. The smallest absolute Gasteiger partial charge is 0.308 e. The van der Waals surface area contributed by atoms with Gasteiger partial charge in [0.05, 0.1) is 11.3 Å². The number of hydrogen-bond donors (Lipinski definition) is 0. The molecule has 0 radical (unpaired) electrons. The number of carbonyl (C=O) groups excluding carboxylic acids is 2. The van der Waals surface area contributed by atoms with Gasteiger partial charge in [-0.1, -0.05) is 37.6 Å². The van der Waals surface area contributed by atoms with E-state index in [1.54, 1.807) is 13.8 Å². The summed E-state index contributed by atoms with van der Waals surface area (Å²) in [5.74, 6) is -0.329. The van der Waals surface area contributed by atoms with Crippen molar-refractivity contribution >= 4 is 11.8 Å². The largest absolute Gasteiger partial charge is 0.464 e. The average molecular weight is 260 g/mol. The summed E-state index contributed by atoms with van der Waals surface area (Å²) in [4.78, 5) is 24.0. The molecule has 1 unspecified atom stereocenters. The highest BCUT2D eigenvalue weighted by Gasteiger charge is 2.42. The summed E-state index contributed by atoms with van der Waals surface area (Å²) in [5, 5.41) is 0. The van der Waals surface area contributed by atoms with Gasteiger partial charge in [0.1, 0.15) is 6.61 Å². The average Bonchev–Trinajstić information content (AvgIpc) is 2.58. The Morgan fingerprint density at radius 2 is 2.11 bits per heavy atom. The maximum atomic E-state index is 12.4. The predicted molar refractivity (Wildman–Crippen MR) is 73.1 cm³/mol. The van der Waals surface area contributed by atoms with Crippen LogP contribution < -0.4 is 0 Å². The molecular formula is C16H20O3. The molecule has 19 heavy (non-hydrogen) atoms. The zero-order valence-electron chi connectivity index (χ0n) is 11.9. The van der Waals surface area contributed by atoms with Crippen molar-refractivity contribution in [3.05, 3.63) is 34.9 Å². The first-order valence-electron chi connectivity index (χ1n) is 6.64. The Balaban J connectivity index is 2.15. The van der Waals surface area contributed by atoms with Crippen LogP contribution in [0.4, 0.5) is 0 Å². The highest BCUT2D eigenvalue weighted by atomic mass is 16.5. The van der Waals surface area contributed by atoms with Gasteiger partial charge in [-0.3, -0.25) is 9.59 Å². The van der Waals surface area contributed by atoms with E-state index in [1.165, 1.54) is 0 Å². The van der Waals surface area contributed by atoms with E-state index in [4.69, 9.17) is 4.74 Å². The van der Waals surface area contributed by atoms with E-state index < -0.39 is 5.41 Å². The summed E-state index contributed by atoms with van der Waals surface area (Å²) < 4.78 is 5.26. The van der Waals surface area contributed by atoms with Gasteiger partial charge in [0.25, 0.3) is 0 Å². The topological polar surface area (TPSA) is 43.4 Å². The molecule has 0 bridgehead atoms. The molecule has 0 spiro atoms. The number of aryl methyl sites for hydroxylation is 1. The van der Waals surface area contributed by atoms with Gasteiger partial charge in [-0.05, 0) is 25.8 Å². The maximum Gasteiger partial charge on any atom is 0.308 e. The molecular weight excluding hydrogens is 240 g/mol. The molecule has 3 heteroatoms. The Hall–Kier alpha value is -1.64. The number of carbonyl (C=O) groups is 2. The summed E-state index contributed by atoms with van der Waals surface area (Å²) in [6, 6.07) is 5.87. The molecule has 0 saturated carbocycles. The van der Waals surface area contributed by atoms with Crippen LogP contribution in [-0.4, -0.2) is 18.4 Å². The molecule has 1 aliphatic rings. The fraction of sp³-hybridized carbons (Fsp3) is 0.500. The zero-order valence-corrected chi connectivity index (χ0v) is 11.9. The van der Waals surface area contributed by atoms with Crippen molar-refractivity contribution < 1.29 is 14.3 Å². The highest BCUT2D eigenvalue weighted by molar-refractivity contribution is 6.05. The minimum atomic E-state index is -0.610. The molecule has 0 fully saturated rings. The lowest BCUT2D eigenvalue weighted by atomic mass is 9.87. The summed E-state index contributed by atoms with van der Waals surface area (Å²) in [6.45, 7) is 7.63. The predicted octanol–water partition coefficient (Wildman–Crippen LogP) is 2.94. The highest BCUT2D eigenvalue weighted by Crippen LogP contribution is 2.37. The van der Waals surface area contributed by atoms with Gasteiger partial charge in [0.15, 0.2) is 5.78 Å². The van der Waals surface area contributed by atoms with Crippen LogP contribution in [0.25, 0.3) is 0 Å². The molecule has 102 valence electrons. The molecule has 1 aromatic carbocycles. The SMILES string of the molecule is Cc1ccc2c(c1)CC(C)(COC(=O)C(C)C)C2=O. The Labute approximate surface area is 114 Å². The minimum absolute atomic E-state index is 0.0825. The summed E-state index contributed by atoms with van der Waals surface area (Å²) in [7, 11) is 0. The molecule has 1 atom stereocenters. The van der Waals surface area contributed by atoms with Crippen LogP contribution in [0.5, 0.6) is 0 Å². The zero-order chi connectivity index (χ0) is 14.2. The minimum Gasteiger partial charge on any atom is -0.464 e. The van der Waals surface area contributed by atoms with Crippen LogP contribution in [0.15, 0.2) is 18.2 Å². The first kappa shape index (κ1) is 13.8. The molecule has 3 nitrogen and oxygen atoms in total. The van der Waals surface area contributed by atoms with Gasteiger partial charge in [-0.25, -0.2) is 0 Å². The molecule has 1 aromatic rings. The van der Waals surface area contributed by atoms with Gasteiger partial charge in [-0.15, -0.1) is 0 Å². The van der Waals surface area contributed by atoms with Crippen molar-refractivity contribution in [3.63, 3.8) is 0 Å². The van der Waals surface area contributed by atoms with Crippen LogP contribution >= 0.6 is 0 Å². The third-order valence-electron chi connectivity index (χ3n) is 3.64. The van der Waals surface area contributed by atoms with Gasteiger partial charge in [0.2, 0.25) is 0 Å². The van der Waals surface area contributed by atoms with E-state index in [2.05, 4.69) is 0 Å². The number of rotatable bonds is 3. The second kappa shape index (κ2) is 4.80. The quantitative estimate of drug-likeness (QED) is 0.785. The van der Waals surface area contributed by atoms with E-state index in [1.807, 2.05) is 32.0 Å². The Bertz CT molecular complexity index is 531. The molecule has 0 amide bonds. The standard InChI is InChI=1S/C16H20O3/c1-10(2)15(18)19-9-16(4)8-12-7-11(3)5-6-13(12)14(16)17/h5-7,10H,8-9H2,1-4H3. The van der Waals surface area contributed by atoms with E-state index in [0.29, 0.717) is 6.42 Å². The van der Waals surface area contributed by atoms with E-state index >= 15 is 0 Å². The number of ether oxygens (including phenoxy) is 1. The van der Waals surface area contributed by atoms with Crippen LogP contribution in [0, 0.1) is 18.3 Å². The first-order chi connectivity index (χ1) is 8.83. The summed E-state index contributed by atoms with van der Waals surface area (Å²) in [6.07, 6.45) is 0.647. The lowest BCUT2D eigenvalue weighted by Gasteiger charge is -2.22. The molecule has 0 heterocycles. The molecule has 0 aliphatic heterocycles. The number of fused-ring (bicyclic) bond motifs is 1. The fourth-order valence-corrected chi connectivity index (χ4v) is 2.43. The van der Waals surface area contributed by atoms with E-state index in [-0.39, 0.29) is 24.3 Å². The van der Waals surface area contributed by atoms with Crippen LogP contribution in [0.2, 0.25) is 0 Å². The van der Waals surface area contributed by atoms with E-state index in [9.17, 15) is 9.59 Å². The monoisotopic (exact) mass is 260 g/mol. The lowest BCUT2D eigenvalue weighted by molar-refractivity contribution is -0.149. The number of ketones is 1. The number of esters is 1. The van der Waals surface area contributed by atoms with Crippen molar-refractivity contribution in [2.24, 2.45) is 11.3 Å². The second-order valence-electron chi connectivity index (χ2n) is 5.99. The summed E-state index contributed by atoms with van der Waals surface area (Å²) >= 11 is 0. The Morgan fingerprint density at radius 3 is 2.74 bits per heavy atom. The van der Waals surface area contributed by atoms with E-state index in [0.717, 1.165) is 16.7 Å². The molecule has 2 rings (SSSR count). The maximum absolute atomic E-state index is 12.4. The van der Waals surface area contributed by atoms with Crippen LogP contribution in [0.1, 0.15) is 42.3 Å². The van der Waals surface area contributed by atoms with Crippen molar-refractivity contribution in [1.29, 1.82) is 0 Å². The van der Waals surface area contributed by atoms with Crippen LogP contribution in [0.3, 0.4) is 0 Å². The number of benzene rings is 1.